The second-order valence-electron chi connectivity index (χ2n) is 2.66. The zero-order chi connectivity index (χ0) is 10.9. The number of aromatic nitrogens is 2. The van der Waals surface area contributed by atoms with Gasteiger partial charge in [0.25, 0.3) is 5.91 Å². The van der Waals surface area contributed by atoms with Crippen molar-refractivity contribution in [3.8, 4) is 0 Å². The summed E-state index contributed by atoms with van der Waals surface area (Å²) in [5, 5.41) is 6.64. The van der Waals surface area contributed by atoms with Crippen LogP contribution in [0.1, 0.15) is 5.69 Å². The van der Waals surface area contributed by atoms with E-state index in [1.54, 1.807) is 7.05 Å². The Kier molecular flexibility index (Phi) is 3.80. The third kappa shape index (κ3) is 2.40. The van der Waals surface area contributed by atoms with Gasteiger partial charge in [-0.2, -0.15) is 5.10 Å². The summed E-state index contributed by atoms with van der Waals surface area (Å²) in [6.07, 6.45) is 0. The molecular formula is C7H8BrCl2N3O. The molecule has 0 spiro atoms. The average Bonchev–Trinajstić information content (AvgIpc) is 2.32. The number of carbonyl (C=O) groups is 1. The topological polar surface area (TPSA) is 46.9 Å². The Bertz CT molecular complexity index is 364. The third-order valence-electron chi connectivity index (χ3n) is 1.59. The lowest BCUT2D eigenvalue weighted by Gasteiger charge is -2.05. The summed E-state index contributed by atoms with van der Waals surface area (Å²) in [5.41, 5.74) is 0.781. The Morgan fingerprint density at radius 3 is 2.57 bits per heavy atom. The van der Waals surface area contributed by atoms with Gasteiger partial charge in [-0.05, 0) is 22.9 Å². The number of aryl methyl sites for hydroxylation is 2. The lowest BCUT2D eigenvalue weighted by atomic mass is 10.4. The molecular weight excluding hydrogens is 293 g/mol. The highest BCUT2D eigenvalue weighted by molar-refractivity contribution is 9.10. The molecule has 1 aromatic rings. The Labute approximate surface area is 99.7 Å². The van der Waals surface area contributed by atoms with E-state index in [9.17, 15) is 4.79 Å². The van der Waals surface area contributed by atoms with Crippen LogP contribution < -0.4 is 5.32 Å². The number of hydrogen-bond donors (Lipinski definition) is 1. The highest BCUT2D eigenvalue weighted by Crippen LogP contribution is 2.25. The van der Waals surface area contributed by atoms with Gasteiger partial charge in [-0.25, -0.2) is 0 Å². The Balaban J connectivity index is 2.92. The summed E-state index contributed by atoms with van der Waals surface area (Å²) in [6.45, 7) is 1.82. The maximum atomic E-state index is 11.2. The summed E-state index contributed by atoms with van der Waals surface area (Å²) in [7, 11) is 1.71. The number of halogens is 3. The number of nitrogens with one attached hydrogen (secondary N) is 1. The summed E-state index contributed by atoms with van der Waals surface area (Å²) in [6, 6.07) is 0. The fraction of sp³-hybridized carbons (Fsp3) is 0.429. The van der Waals surface area contributed by atoms with Gasteiger partial charge in [-0.1, -0.05) is 23.2 Å². The summed E-state index contributed by atoms with van der Waals surface area (Å²) < 4.78 is 2.26. The molecule has 0 saturated heterocycles. The molecule has 14 heavy (non-hydrogen) atoms. The Morgan fingerprint density at radius 1 is 1.64 bits per heavy atom. The predicted molar refractivity (Wildman–Crippen MR) is 59.8 cm³/mol. The van der Waals surface area contributed by atoms with Gasteiger partial charge < -0.3 is 5.32 Å². The summed E-state index contributed by atoms with van der Waals surface area (Å²) in [5.74, 6) is 0.0656. The number of amides is 1. The minimum absolute atomic E-state index is 0.475. The monoisotopic (exact) mass is 299 g/mol. The molecule has 0 aliphatic rings. The lowest BCUT2D eigenvalue weighted by molar-refractivity contribution is -0.114. The number of carbonyl (C=O) groups excluding carboxylic acids is 1. The highest BCUT2D eigenvalue weighted by atomic mass is 79.9. The Morgan fingerprint density at radius 2 is 2.21 bits per heavy atom. The normalized spacial score (nSPS) is 10.7. The number of rotatable bonds is 2. The van der Waals surface area contributed by atoms with Crippen LogP contribution in [0.25, 0.3) is 0 Å². The van der Waals surface area contributed by atoms with E-state index >= 15 is 0 Å². The first-order valence-corrected chi connectivity index (χ1v) is 5.38. The van der Waals surface area contributed by atoms with E-state index in [-0.39, 0.29) is 0 Å². The van der Waals surface area contributed by atoms with Crippen LogP contribution in [-0.2, 0) is 11.8 Å². The second kappa shape index (κ2) is 4.51. The number of alkyl halides is 2. The van der Waals surface area contributed by atoms with Gasteiger partial charge in [-0.3, -0.25) is 9.48 Å². The number of hydrogen-bond acceptors (Lipinski definition) is 2. The van der Waals surface area contributed by atoms with E-state index in [1.165, 1.54) is 4.68 Å². The zero-order valence-electron chi connectivity index (χ0n) is 7.51. The molecule has 0 aliphatic carbocycles. The van der Waals surface area contributed by atoms with E-state index in [0.29, 0.717) is 5.82 Å². The fourth-order valence-corrected chi connectivity index (χ4v) is 1.48. The van der Waals surface area contributed by atoms with Gasteiger partial charge in [0.05, 0.1) is 10.2 Å². The zero-order valence-corrected chi connectivity index (χ0v) is 10.6. The van der Waals surface area contributed by atoms with Crippen molar-refractivity contribution in [2.24, 2.45) is 7.05 Å². The van der Waals surface area contributed by atoms with Crippen molar-refractivity contribution in [2.45, 2.75) is 11.8 Å². The maximum absolute atomic E-state index is 11.2. The van der Waals surface area contributed by atoms with Crippen LogP contribution >= 0.6 is 39.1 Å². The van der Waals surface area contributed by atoms with Gasteiger partial charge in [0.1, 0.15) is 5.82 Å². The minimum Gasteiger partial charge on any atom is -0.308 e. The predicted octanol–water partition coefficient (Wildman–Crippen LogP) is 2.23. The molecule has 0 fully saturated rings. The molecule has 0 radical (unpaired) electrons. The van der Waals surface area contributed by atoms with Crippen LogP contribution in [-0.4, -0.2) is 20.5 Å². The Hall–Kier alpha value is -0.260. The van der Waals surface area contributed by atoms with E-state index < -0.39 is 10.7 Å². The molecule has 0 atom stereocenters. The molecule has 1 amide bonds. The average molecular weight is 301 g/mol. The molecule has 0 unspecified atom stereocenters. The maximum Gasteiger partial charge on any atom is 0.258 e. The first-order chi connectivity index (χ1) is 6.43. The summed E-state index contributed by atoms with van der Waals surface area (Å²) >= 11 is 14.1. The fourth-order valence-electron chi connectivity index (χ4n) is 0.939. The van der Waals surface area contributed by atoms with Crippen molar-refractivity contribution in [1.29, 1.82) is 0 Å². The van der Waals surface area contributed by atoms with Crippen LogP contribution in [0.2, 0.25) is 0 Å². The molecule has 0 aromatic carbocycles. The van der Waals surface area contributed by atoms with Crippen molar-refractivity contribution < 1.29 is 4.79 Å². The standard InChI is InChI=1S/C7H8BrCl2N3O/c1-3-4(8)6(13(2)12-3)11-7(14)5(9)10/h5H,1-2H3,(H,11,14). The SMILES string of the molecule is Cc1nn(C)c(NC(=O)C(Cl)Cl)c1Br. The van der Waals surface area contributed by atoms with E-state index in [0.717, 1.165) is 10.2 Å². The molecule has 1 rings (SSSR count). The van der Waals surface area contributed by atoms with Crippen molar-refractivity contribution >= 4 is 50.9 Å². The molecule has 0 saturated carbocycles. The van der Waals surface area contributed by atoms with Crippen molar-refractivity contribution in [3.05, 3.63) is 10.2 Å². The molecule has 78 valence electrons. The number of anilines is 1. The highest BCUT2D eigenvalue weighted by Gasteiger charge is 2.17. The van der Waals surface area contributed by atoms with Crippen LogP contribution in [0, 0.1) is 6.92 Å². The quantitative estimate of drug-likeness (QED) is 0.852. The minimum atomic E-state index is -1.09. The van der Waals surface area contributed by atoms with Crippen molar-refractivity contribution in [1.82, 2.24) is 9.78 Å². The molecule has 1 aromatic heterocycles. The van der Waals surface area contributed by atoms with Gasteiger partial charge in [0.2, 0.25) is 0 Å². The molecule has 0 aliphatic heterocycles. The van der Waals surface area contributed by atoms with Crippen molar-refractivity contribution in [3.63, 3.8) is 0 Å². The van der Waals surface area contributed by atoms with E-state index in [2.05, 4.69) is 26.3 Å². The second-order valence-corrected chi connectivity index (χ2v) is 4.55. The lowest BCUT2D eigenvalue weighted by Crippen LogP contribution is -2.20. The van der Waals surface area contributed by atoms with Gasteiger partial charge >= 0.3 is 0 Å². The molecule has 7 heteroatoms. The van der Waals surface area contributed by atoms with Gasteiger partial charge in [0, 0.05) is 7.05 Å². The smallest absolute Gasteiger partial charge is 0.258 e. The largest absolute Gasteiger partial charge is 0.308 e. The van der Waals surface area contributed by atoms with E-state index in [1.807, 2.05) is 6.92 Å². The van der Waals surface area contributed by atoms with Crippen LogP contribution in [0.3, 0.4) is 0 Å². The molecule has 1 heterocycles. The summed E-state index contributed by atoms with van der Waals surface area (Å²) in [4.78, 5) is 10.1. The first-order valence-electron chi connectivity index (χ1n) is 3.71. The third-order valence-corrected chi connectivity index (χ3v) is 2.93. The molecule has 1 N–H and O–H groups in total. The van der Waals surface area contributed by atoms with E-state index in [4.69, 9.17) is 23.2 Å². The molecule has 4 nitrogen and oxygen atoms in total. The van der Waals surface area contributed by atoms with Gasteiger partial charge in [0.15, 0.2) is 4.84 Å². The molecule has 0 bridgehead atoms. The van der Waals surface area contributed by atoms with Crippen LogP contribution in [0.4, 0.5) is 5.82 Å². The van der Waals surface area contributed by atoms with Gasteiger partial charge in [-0.15, -0.1) is 0 Å². The van der Waals surface area contributed by atoms with Crippen LogP contribution in [0.15, 0.2) is 4.47 Å². The van der Waals surface area contributed by atoms with Crippen molar-refractivity contribution in [2.75, 3.05) is 5.32 Å². The number of nitrogens with zero attached hydrogens (tertiary/aromatic N) is 2. The van der Waals surface area contributed by atoms with Crippen LogP contribution in [0.5, 0.6) is 0 Å². The first kappa shape index (κ1) is 11.8.